The molecule has 5 heteroatoms. The SMILES string of the molecule is Cc1c(O)cccc1[C@]1(C)CCN(C(=O)c2cc(C)n(C)n2)[C@H](C)C1(C)C. The van der Waals surface area contributed by atoms with Crippen LogP contribution in [-0.4, -0.2) is 38.3 Å². The van der Waals surface area contributed by atoms with Gasteiger partial charge in [0.1, 0.15) is 5.75 Å². The molecular weight excluding hydrogens is 338 g/mol. The van der Waals surface area contributed by atoms with Gasteiger partial charge in [0.05, 0.1) is 0 Å². The van der Waals surface area contributed by atoms with E-state index in [1.807, 2.05) is 37.9 Å². The Morgan fingerprint density at radius 3 is 2.52 bits per heavy atom. The molecule has 0 aliphatic carbocycles. The van der Waals surface area contributed by atoms with Crippen molar-refractivity contribution in [3.05, 3.63) is 46.8 Å². The molecule has 3 rings (SSSR count). The number of rotatable bonds is 2. The molecule has 1 aromatic carbocycles. The number of phenolic OH excluding ortho intramolecular Hbond substituents is 1. The van der Waals surface area contributed by atoms with E-state index in [-0.39, 0.29) is 22.8 Å². The highest BCUT2D eigenvalue weighted by atomic mass is 16.3. The minimum Gasteiger partial charge on any atom is -0.508 e. The third-order valence-electron chi connectivity index (χ3n) is 7.28. The Hall–Kier alpha value is -2.30. The van der Waals surface area contributed by atoms with Crippen molar-refractivity contribution < 1.29 is 9.90 Å². The topological polar surface area (TPSA) is 58.4 Å². The number of hydrogen-bond acceptors (Lipinski definition) is 3. The zero-order chi connectivity index (χ0) is 20.1. The molecule has 0 spiro atoms. The molecule has 5 nitrogen and oxygen atoms in total. The number of hydrogen-bond donors (Lipinski definition) is 1. The summed E-state index contributed by atoms with van der Waals surface area (Å²) in [6, 6.07) is 7.66. The highest BCUT2D eigenvalue weighted by Crippen LogP contribution is 2.52. The van der Waals surface area contributed by atoms with Crippen LogP contribution in [0.1, 0.15) is 61.4 Å². The summed E-state index contributed by atoms with van der Waals surface area (Å²) in [6.45, 7) is 13.4. The van der Waals surface area contributed by atoms with Crippen molar-refractivity contribution in [1.29, 1.82) is 0 Å². The Labute approximate surface area is 162 Å². The van der Waals surface area contributed by atoms with Crippen LogP contribution >= 0.6 is 0 Å². The van der Waals surface area contributed by atoms with Crippen molar-refractivity contribution in [2.45, 2.75) is 59.4 Å². The van der Waals surface area contributed by atoms with E-state index >= 15 is 0 Å². The Morgan fingerprint density at radius 2 is 1.93 bits per heavy atom. The summed E-state index contributed by atoms with van der Waals surface area (Å²) in [6.07, 6.45) is 0.839. The first-order valence-electron chi connectivity index (χ1n) is 9.61. The number of carbonyl (C=O) groups is 1. The largest absolute Gasteiger partial charge is 0.508 e. The number of aromatic nitrogens is 2. The number of phenols is 1. The van der Waals surface area contributed by atoms with Crippen molar-refractivity contribution in [1.82, 2.24) is 14.7 Å². The molecule has 0 bridgehead atoms. The lowest BCUT2D eigenvalue weighted by molar-refractivity contribution is -0.0103. The van der Waals surface area contributed by atoms with E-state index in [0.717, 1.165) is 17.7 Å². The van der Waals surface area contributed by atoms with Crippen LogP contribution in [0.2, 0.25) is 0 Å². The first-order valence-corrected chi connectivity index (χ1v) is 9.61. The van der Waals surface area contributed by atoms with E-state index in [1.54, 1.807) is 10.7 Å². The number of nitrogens with zero attached hydrogens (tertiary/aromatic N) is 3. The fourth-order valence-corrected chi connectivity index (χ4v) is 4.50. The quantitative estimate of drug-likeness (QED) is 0.872. The lowest BCUT2D eigenvalue weighted by Crippen LogP contribution is -2.60. The van der Waals surface area contributed by atoms with Gasteiger partial charge in [0.2, 0.25) is 0 Å². The molecule has 0 unspecified atom stereocenters. The van der Waals surface area contributed by atoms with Crippen LogP contribution in [0.5, 0.6) is 5.75 Å². The second-order valence-corrected chi connectivity index (χ2v) is 8.72. The lowest BCUT2D eigenvalue weighted by atomic mass is 9.55. The van der Waals surface area contributed by atoms with Gasteiger partial charge in [-0.25, -0.2) is 0 Å². The van der Waals surface area contributed by atoms with Gasteiger partial charge < -0.3 is 10.0 Å². The van der Waals surface area contributed by atoms with Gasteiger partial charge in [0, 0.05) is 30.7 Å². The van der Waals surface area contributed by atoms with Crippen LogP contribution in [0.15, 0.2) is 24.3 Å². The molecule has 1 aromatic heterocycles. The number of aryl methyl sites for hydroxylation is 2. The maximum absolute atomic E-state index is 13.1. The normalized spacial score (nSPS) is 24.9. The second kappa shape index (κ2) is 6.39. The minimum absolute atomic E-state index is 0.00560. The molecule has 1 fully saturated rings. The van der Waals surface area contributed by atoms with Gasteiger partial charge in [-0.2, -0.15) is 5.10 Å². The molecule has 1 amide bonds. The van der Waals surface area contributed by atoms with Crippen LogP contribution in [0.3, 0.4) is 0 Å². The molecule has 2 heterocycles. The predicted octanol–water partition coefficient (Wildman–Crippen LogP) is 3.96. The maximum atomic E-state index is 13.1. The third kappa shape index (κ3) is 2.84. The summed E-state index contributed by atoms with van der Waals surface area (Å²) in [4.78, 5) is 15.1. The lowest BCUT2D eigenvalue weighted by Gasteiger charge is -2.56. The summed E-state index contributed by atoms with van der Waals surface area (Å²) in [7, 11) is 1.86. The fraction of sp³-hybridized carbons (Fsp3) is 0.545. The summed E-state index contributed by atoms with van der Waals surface area (Å²) in [5.74, 6) is 0.327. The number of benzene rings is 1. The Kier molecular flexibility index (Phi) is 4.61. The van der Waals surface area contributed by atoms with Crippen LogP contribution in [0.4, 0.5) is 0 Å². The van der Waals surface area contributed by atoms with Crippen molar-refractivity contribution >= 4 is 5.91 Å². The predicted molar refractivity (Wildman–Crippen MR) is 107 cm³/mol. The van der Waals surface area contributed by atoms with E-state index in [1.165, 1.54) is 5.56 Å². The van der Waals surface area contributed by atoms with Crippen LogP contribution < -0.4 is 0 Å². The number of carbonyl (C=O) groups excluding carboxylic acids is 1. The molecule has 27 heavy (non-hydrogen) atoms. The van der Waals surface area contributed by atoms with E-state index in [0.29, 0.717) is 18.0 Å². The average molecular weight is 370 g/mol. The highest BCUT2D eigenvalue weighted by Gasteiger charge is 2.52. The van der Waals surface area contributed by atoms with Gasteiger partial charge in [-0.1, -0.05) is 32.9 Å². The fourth-order valence-electron chi connectivity index (χ4n) is 4.50. The van der Waals surface area contributed by atoms with Gasteiger partial charge in [-0.15, -0.1) is 0 Å². The Balaban J connectivity index is 1.97. The second-order valence-electron chi connectivity index (χ2n) is 8.72. The standard InChI is InChI=1S/C22H31N3O2/c1-14-13-18(23-24(14)7)20(27)25-12-11-22(6,21(4,5)16(25)3)17-9-8-10-19(26)15(17)2/h8-10,13,16,26H,11-12H2,1-7H3/t16-,22+/m1/s1. The van der Waals surface area contributed by atoms with Gasteiger partial charge in [0.25, 0.3) is 5.91 Å². The number of likely N-dealkylation sites (tertiary alicyclic amines) is 1. The molecule has 2 aromatic rings. The van der Waals surface area contributed by atoms with Crippen LogP contribution in [0.25, 0.3) is 0 Å². The molecule has 1 aliphatic rings. The monoisotopic (exact) mass is 369 g/mol. The van der Waals surface area contributed by atoms with Crippen molar-refractivity contribution in [2.75, 3.05) is 6.54 Å². The molecule has 1 N–H and O–H groups in total. The van der Waals surface area contributed by atoms with Crippen molar-refractivity contribution in [3.8, 4) is 5.75 Å². The Bertz CT molecular complexity index is 864. The van der Waals surface area contributed by atoms with Gasteiger partial charge in [0.15, 0.2) is 5.69 Å². The molecule has 146 valence electrons. The summed E-state index contributed by atoms with van der Waals surface area (Å²) < 4.78 is 1.74. The van der Waals surface area contributed by atoms with E-state index < -0.39 is 0 Å². The van der Waals surface area contributed by atoms with Crippen LogP contribution in [-0.2, 0) is 12.5 Å². The van der Waals surface area contributed by atoms with Crippen molar-refractivity contribution in [2.24, 2.45) is 12.5 Å². The average Bonchev–Trinajstić information content (AvgIpc) is 2.94. The molecule has 2 atom stereocenters. The molecule has 1 saturated heterocycles. The van der Waals surface area contributed by atoms with Gasteiger partial charge >= 0.3 is 0 Å². The zero-order valence-corrected chi connectivity index (χ0v) is 17.5. The number of amides is 1. The molecular formula is C22H31N3O2. The van der Waals surface area contributed by atoms with Crippen LogP contribution in [0, 0.1) is 19.3 Å². The Morgan fingerprint density at radius 1 is 1.26 bits per heavy atom. The minimum atomic E-state index is -0.177. The zero-order valence-electron chi connectivity index (χ0n) is 17.5. The molecule has 0 radical (unpaired) electrons. The van der Waals surface area contributed by atoms with Gasteiger partial charge in [-0.3, -0.25) is 9.48 Å². The maximum Gasteiger partial charge on any atom is 0.274 e. The van der Waals surface area contributed by atoms with Crippen molar-refractivity contribution in [3.63, 3.8) is 0 Å². The molecule has 1 aliphatic heterocycles. The summed E-state index contributed by atoms with van der Waals surface area (Å²) in [5, 5.41) is 14.6. The molecule has 0 saturated carbocycles. The van der Waals surface area contributed by atoms with Gasteiger partial charge in [-0.05, 0) is 55.9 Å². The van der Waals surface area contributed by atoms with E-state index in [2.05, 4.69) is 38.9 Å². The summed E-state index contributed by atoms with van der Waals surface area (Å²) in [5.41, 5.74) is 3.26. The number of piperidine rings is 1. The van der Waals surface area contributed by atoms with E-state index in [9.17, 15) is 9.90 Å². The van der Waals surface area contributed by atoms with E-state index in [4.69, 9.17) is 0 Å². The first-order chi connectivity index (χ1) is 12.5. The first kappa shape index (κ1) is 19.5. The highest BCUT2D eigenvalue weighted by molar-refractivity contribution is 5.92. The smallest absolute Gasteiger partial charge is 0.274 e. The summed E-state index contributed by atoms with van der Waals surface area (Å²) >= 11 is 0. The third-order valence-corrected chi connectivity index (χ3v) is 7.28. The number of aromatic hydroxyl groups is 1.